The lowest BCUT2D eigenvalue weighted by Crippen LogP contribution is -2.06. The Morgan fingerprint density at radius 2 is 2.42 bits per heavy atom. The lowest BCUT2D eigenvalue weighted by molar-refractivity contribution is 0.0486. The van der Waals surface area contributed by atoms with E-state index in [-0.39, 0.29) is 0 Å². The summed E-state index contributed by atoms with van der Waals surface area (Å²) in [7, 11) is 1.91. The first-order chi connectivity index (χ1) is 5.72. The number of hydrogen-bond acceptors (Lipinski definition) is 2. The summed E-state index contributed by atoms with van der Waals surface area (Å²) in [4.78, 5) is 0. The molecule has 0 bridgehead atoms. The summed E-state index contributed by atoms with van der Waals surface area (Å²) in [6.07, 6.45) is 3.30. The highest BCUT2D eigenvalue weighted by Gasteiger charge is 2.00. The van der Waals surface area contributed by atoms with Crippen molar-refractivity contribution in [1.82, 2.24) is 9.78 Å². The van der Waals surface area contributed by atoms with E-state index in [1.807, 2.05) is 19.3 Å². The zero-order chi connectivity index (χ0) is 8.97. The second-order valence-corrected chi connectivity index (χ2v) is 3.01. The van der Waals surface area contributed by atoms with Crippen LogP contribution in [0.2, 0.25) is 0 Å². The molecule has 0 saturated carbocycles. The summed E-state index contributed by atoms with van der Waals surface area (Å²) in [6, 6.07) is 1.97. The van der Waals surface area contributed by atoms with Gasteiger partial charge in [0.05, 0.1) is 18.4 Å². The highest BCUT2D eigenvalue weighted by molar-refractivity contribution is 4.96. The smallest absolute Gasteiger partial charge is 0.0910 e. The molecular weight excluding hydrogens is 152 g/mol. The minimum Gasteiger partial charge on any atom is -0.372 e. The van der Waals surface area contributed by atoms with Crippen LogP contribution in [0.5, 0.6) is 0 Å². The molecule has 3 nitrogen and oxygen atoms in total. The van der Waals surface area contributed by atoms with Crippen LogP contribution in [-0.2, 0) is 18.4 Å². The van der Waals surface area contributed by atoms with Gasteiger partial charge in [0.15, 0.2) is 0 Å². The molecule has 1 aromatic rings. The molecule has 1 rings (SSSR count). The molecular formula is C9H16N2O. The molecule has 12 heavy (non-hydrogen) atoms. The van der Waals surface area contributed by atoms with Crippen molar-refractivity contribution in [3.05, 3.63) is 18.0 Å². The Hall–Kier alpha value is -0.830. The number of ether oxygens (including phenoxy) is 1. The second kappa shape index (κ2) is 4.26. The van der Waals surface area contributed by atoms with Gasteiger partial charge in [0.1, 0.15) is 0 Å². The van der Waals surface area contributed by atoms with E-state index in [9.17, 15) is 0 Å². The van der Waals surface area contributed by atoms with E-state index in [2.05, 4.69) is 18.9 Å². The molecule has 1 atom stereocenters. The van der Waals surface area contributed by atoms with Gasteiger partial charge in [-0.2, -0.15) is 5.10 Å². The van der Waals surface area contributed by atoms with Crippen LogP contribution >= 0.6 is 0 Å². The molecule has 0 radical (unpaired) electrons. The Morgan fingerprint density at radius 1 is 1.67 bits per heavy atom. The third kappa shape index (κ3) is 2.66. The van der Waals surface area contributed by atoms with Crippen LogP contribution in [0.4, 0.5) is 0 Å². The van der Waals surface area contributed by atoms with Crippen molar-refractivity contribution in [3.63, 3.8) is 0 Å². The number of hydrogen-bond donors (Lipinski definition) is 0. The van der Waals surface area contributed by atoms with Crippen LogP contribution in [0.1, 0.15) is 26.0 Å². The van der Waals surface area contributed by atoms with E-state index in [4.69, 9.17) is 4.74 Å². The third-order valence-corrected chi connectivity index (χ3v) is 1.86. The fraction of sp³-hybridized carbons (Fsp3) is 0.667. The average Bonchev–Trinajstić information content (AvgIpc) is 2.47. The first-order valence-electron chi connectivity index (χ1n) is 4.32. The Balaban J connectivity index is 2.33. The van der Waals surface area contributed by atoms with Gasteiger partial charge in [-0.15, -0.1) is 0 Å². The Labute approximate surface area is 73.3 Å². The molecule has 0 amide bonds. The normalized spacial score (nSPS) is 13.2. The zero-order valence-corrected chi connectivity index (χ0v) is 7.95. The minimum absolute atomic E-state index is 0.326. The largest absolute Gasteiger partial charge is 0.372 e. The van der Waals surface area contributed by atoms with Crippen molar-refractivity contribution in [2.75, 3.05) is 0 Å². The Morgan fingerprint density at radius 3 is 2.92 bits per heavy atom. The standard InChI is InChI=1S/C9H16N2O/c1-4-8(2)12-7-9-5-6-11(3)10-9/h5-6,8H,4,7H2,1-3H3/t8-/m1/s1. The summed E-state index contributed by atoms with van der Waals surface area (Å²) in [5.41, 5.74) is 0.998. The molecule has 0 saturated heterocycles. The molecule has 0 fully saturated rings. The fourth-order valence-corrected chi connectivity index (χ4v) is 0.886. The number of nitrogens with zero attached hydrogens (tertiary/aromatic N) is 2. The van der Waals surface area contributed by atoms with Crippen LogP contribution in [0, 0.1) is 0 Å². The van der Waals surface area contributed by atoms with E-state index in [1.165, 1.54) is 0 Å². The van der Waals surface area contributed by atoms with Gasteiger partial charge in [-0.25, -0.2) is 0 Å². The molecule has 68 valence electrons. The highest BCUT2D eigenvalue weighted by atomic mass is 16.5. The van der Waals surface area contributed by atoms with Gasteiger partial charge < -0.3 is 4.74 Å². The van der Waals surface area contributed by atoms with Crippen molar-refractivity contribution in [2.45, 2.75) is 33.0 Å². The van der Waals surface area contributed by atoms with Crippen molar-refractivity contribution in [3.8, 4) is 0 Å². The van der Waals surface area contributed by atoms with Gasteiger partial charge in [0, 0.05) is 13.2 Å². The first kappa shape index (κ1) is 9.26. The SMILES string of the molecule is CC[C@@H](C)OCc1ccn(C)n1. The lowest BCUT2D eigenvalue weighted by Gasteiger charge is -2.07. The minimum atomic E-state index is 0.326. The molecule has 0 aliphatic rings. The maximum atomic E-state index is 5.51. The predicted molar refractivity (Wildman–Crippen MR) is 47.8 cm³/mol. The number of aryl methyl sites for hydroxylation is 1. The van der Waals surface area contributed by atoms with Crippen LogP contribution in [0.15, 0.2) is 12.3 Å². The molecule has 0 N–H and O–H groups in total. The monoisotopic (exact) mass is 168 g/mol. The van der Waals surface area contributed by atoms with E-state index >= 15 is 0 Å². The predicted octanol–water partition coefficient (Wildman–Crippen LogP) is 1.74. The molecule has 1 heterocycles. The topological polar surface area (TPSA) is 27.1 Å². The summed E-state index contributed by atoms with van der Waals surface area (Å²) >= 11 is 0. The second-order valence-electron chi connectivity index (χ2n) is 3.01. The molecule has 0 aliphatic carbocycles. The van der Waals surface area contributed by atoms with Crippen molar-refractivity contribution < 1.29 is 4.74 Å². The van der Waals surface area contributed by atoms with Gasteiger partial charge in [0.2, 0.25) is 0 Å². The summed E-state index contributed by atoms with van der Waals surface area (Å²) in [5, 5.41) is 4.21. The van der Waals surface area contributed by atoms with Gasteiger partial charge in [-0.05, 0) is 19.4 Å². The van der Waals surface area contributed by atoms with Crippen molar-refractivity contribution >= 4 is 0 Å². The molecule has 3 heteroatoms. The van der Waals surface area contributed by atoms with E-state index in [0.29, 0.717) is 12.7 Å². The molecule has 0 aromatic carbocycles. The lowest BCUT2D eigenvalue weighted by atomic mass is 10.3. The number of aromatic nitrogens is 2. The maximum Gasteiger partial charge on any atom is 0.0910 e. The molecule has 1 aromatic heterocycles. The summed E-state index contributed by atoms with van der Waals surface area (Å²) in [6.45, 7) is 4.81. The quantitative estimate of drug-likeness (QED) is 0.684. The van der Waals surface area contributed by atoms with E-state index in [1.54, 1.807) is 4.68 Å². The van der Waals surface area contributed by atoms with Crippen molar-refractivity contribution in [1.29, 1.82) is 0 Å². The van der Waals surface area contributed by atoms with E-state index in [0.717, 1.165) is 12.1 Å². The van der Waals surface area contributed by atoms with Crippen molar-refractivity contribution in [2.24, 2.45) is 7.05 Å². The number of rotatable bonds is 4. The van der Waals surface area contributed by atoms with Crippen LogP contribution < -0.4 is 0 Å². The van der Waals surface area contributed by atoms with Crippen LogP contribution in [0.3, 0.4) is 0 Å². The van der Waals surface area contributed by atoms with Gasteiger partial charge in [-0.3, -0.25) is 4.68 Å². The molecule has 0 spiro atoms. The third-order valence-electron chi connectivity index (χ3n) is 1.86. The highest BCUT2D eigenvalue weighted by Crippen LogP contribution is 2.02. The fourth-order valence-electron chi connectivity index (χ4n) is 0.886. The molecule has 0 aliphatic heterocycles. The van der Waals surface area contributed by atoms with Crippen LogP contribution in [0.25, 0.3) is 0 Å². The van der Waals surface area contributed by atoms with E-state index < -0.39 is 0 Å². The Bertz CT molecular complexity index is 232. The van der Waals surface area contributed by atoms with Crippen LogP contribution in [-0.4, -0.2) is 15.9 Å². The van der Waals surface area contributed by atoms with Gasteiger partial charge in [0.25, 0.3) is 0 Å². The summed E-state index contributed by atoms with van der Waals surface area (Å²) < 4.78 is 7.30. The summed E-state index contributed by atoms with van der Waals surface area (Å²) in [5.74, 6) is 0. The van der Waals surface area contributed by atoms with Gasteiger partial charge in [-0.1, -0.05) is 6.92 Å². The first-order valence-corrected chi connectivity index (χ1v) is 4.32. The molecule has 0 unspecified atom stereocenters. The zero-order valence-electron chi connectivity index (χ0n) is 7.95. The Kier molecular flexibility index (Phi) is 3.29. The maximum absolute atomic E-state index is 5.51. The van der Waals surface area contributed by atoms with Gasteiger partial charge >= 0.3 is 0 Å². The average molecular weight is 168 g/mol.